The lowest BCUT2D eigenvalue weighted by Gasteiger charge is -2.25. The van der Waals surface area contributed by atoms with Crippen LogP contribution in [0.1, 0.15) is 44.3 Å². The lowest BCUT2D eigenvalue weighted by Crippen LogP contribution is -2.44. The second-order valence-corrected chi connectivity index (χ2v) is 5.68. The molecule has 1 aliphatic heterocycles. The summed E-state index contributed by atoms with van der Waals surface area (Å²) in [6.45, 7) is 1.02. The predicted molar refractivity (Wildman–Crippen MR) is 76.0 cm³/mol. The number of aliphatic imine (C=N–C) groups is 1. The Morgan fingerprint density at radius 2 is 2.16 bits per heavy atom. The highest BCUT2D eigenvalue weighted by Crippen LogP contribution is 2.20. The van der Waals surface area contributed by atoms with Gasteiger partial charge in [-0.25, -0.2) is 4.98 Å². The lowest BCUT2D eigenvalue weighted by molar-refractivity contribution is 0.424. The number of guanidine groups is 1. The van der Waals surface area contributed by atoms with Crippen molar-refractivity contribution >= 4 is 5.96 Å². The molecule has 1 aliphatic carbocycles. The van der Waals surface area contributed by atoms with Gasteiger partial charge in [-0.3, -0.25) is 4.99 Å². The van der Waals surface area contributed by atoms with Crippen molar-refractivity contribution in [2.24, 2.45) is 10.7 Å². The van der Waals surface area contributed by atoms with Crippen molar-refractivity contribution in [3.63, 3.8) is 0 Å². The number of rotatable bonds is 2. The third-order valence-electron chi connectivity index (χ3n) is 4.20. The maximum Gasteiger partial charge on any atom is 0.189 e. The molecule has 0 amide bonds. The summed E-state index contributed by atoms with van der Waals surface area (Å²) in [4.78, 5) is 9.00. The molecule has 0 spiro atoms. The Balaban J connectivity index is 1.55. The SMILES string of the molecule is NC(=NC1CCCCC1)NC1CCn2ccnc2C1. The minimum absolute atomic E-state index is 0.377. The molecular weight excluding hydrogens is 238 g/mol. The Hall–Kier alpha value is -1.52. The van der Waals surface area contributed by atoms with E-state index in [1.165, 1.54) is 32.1 Å². The highest BCUT2D eigenvalue weighted by molar-refractivity contribution is 5.78. The second-order valence-electron chi connectivity index (χ2n) is 5.68. The third kappa shape index (κ3) is 3.08. The van der Waals surface area contributed by atoms with Crippen LogP contribution in [0.5, 0.6) is 0 Å². The molecule has 1 fully saturated rings. The third-order valence-corrected chi connectivity index (χ3v) is 4.20. The van der Waals surface area contributed by atoms with E-state index in [2.05, 4.69) is 19.9 Å². The first kappa shape index (κ1) is 12.5. The first-order valence-electron chi connectivity index (χ1n) is 7.41. The Morgan fingerprint density at radius 1 is 1.32 bits per heavy atom. The first-order chi connectivity index (χ1) is 9.31. The van der Waals surface area contributed by atoms with Gasteiger partial charge in [0.15, 0.2) is 5.96 Å². The summed E-state index contributed by atoms with van der Waals surface area (Å²) in [6.07, 6.45) is 12.3. The van der Waals surface area contributed by atoms with Crippen molar-refractivity contribution < 1.29 is 0 Å². The van der Waals surface area contributed by atoms with E-state index >= 15 is 0 Å². The van der Waals surface area contributed by atoms with Crippen LogP contribution in [0.4, 0.5) is 0 Å². The Labute approximate surface area is 114 Å². The van der Waals surface area contributed by atoms with Crippen LogP contribution in [0.3, 0.4) is 0 Å². The normalized spacial score (nSPS) is 25.1. The first-order valence-corrected chi connectivity index (χ1v) is 7.41. The summed E-state index contributed by atoms with van der Waals surface area (Å²) in [5.41, 5.74) is 6.04. The average molecular weight is 261 g/mol. The lowest BCUT2D eigenvalue weighted by atomic mass is 9.96. The molecule has 1 unspecified atom stereocenters. The zero-order valence-corrected chi connectivity index (χ0v) is 11.4. The summed E-state index contributed by atoms with van der Waals surface area (Å²) < 4.78 is 2.21. The van der Waals surface area contributed by atoms with Crippen molar-refractivity contribution in [1.29, 1.82) is 0 Å². The molecule has 2 heterocycles. The fourth-order valence-corrected chi connectivity index (χ4v) is 3.13. The fourth-order valence-electron chi connectivity index (χ4n) is 3.13. The minimum Gasteiger partial charge on any atom is -0.370 e. The van der Waals surface area contributed by atoms with Gasteiger partial charge in [0.25, 0.3) is 0 Å². The van der Waals surface area contributed by atoms with Gasteiger partial charge in [0, 0.05) is 31.4 Å². The van der Waals surface area contributed by atoms with E-state index in [1.807, 2.05) is 12.4 Å². The molecular formula is C14H23N5. The van der Waals surface area contributed by atoms with Crippen LogP contribution in [0, 0.1) is 0 Å². The van der Waals surface area contributed by atoms with E-state index in [0.29, 0.717) is 18.0 Å². The quantitative estimate of drug-likeness (QED) is 0.625. The molecule has 1 aromatic heterocycles. The van der Waals surface area contributed by atoms with Gasteiger partial charge in [-0.1, -0.05) is 19.3 Å². The van der Waals surface area contributed by atoms with Crippen molar-refractivity contribution in [2.75, 3.05) is 0 Å². The minimum atomic E-state index is 0.377. The van der Waals surface area contributed by atoms with Gasteiger partial charge in [0.05, 0.1) is 6.04 Å². The number of hydrogen-bond acceptors (Lipinski definition) is 2. The second kappa shape index (κ2) is 5.63. The average Bonchev–Trinajstić information content (AvgIpc) is 2.87. The van der Waals surface area contributed by atoms with E-state index in [9.17, 15) is 0 Å². The van der Waals surface area contributed by atoms with Gasteiger partial charge in [-0.15, -0.1) is 0 Å². The Morgan fingerprint density at radius 3 is 3.00 bits per heavy atom. The number of nitrogens with zero attached hydrogens (tertiary/aromatic N) is 3. The Bertz CT molecular complexity index is 444. The maximum absolute atomic E-state index is 6.04. The van der Waals surface area contributed by atoms with E-state index in [4.69, 9.17) is 5.73 Å². The fraction of sp³-hybridized carbons (Fsp3) is 0.714. The molecule has 0 saturated heterocycles. The number of aryl methyl sites for hydroxylation is 1. The molecule has 1 atom stereocenters. The summed E-state index contributed by atoms with van der Waals surface area (Å²) >= 11 is 0. The number of hydrogen-bond donors (Lipinski definition) is 2. The van der Waals surface area contributed by atoms with Crippen LogP contribution in [-0.4, -0.2) is 27.6 Å². The summed E-state index contributed by atoms with van der Waals surface area (Å²) in [5, 5.41) is 3.37. The van der Waals surface area contributed by atoms with Crippen LogP contribution in [0.15, 0.2) is 17.4 Å². The predicted octanol–water partition coefficient (Wildman–Crippen LogP) is 1.43. The summed E-state index contributed by atoms with van der Waals surface area (Å²) in [5.74, 6) is 1.77. The molecule has 5 heteroatoms. The molecule has 19 heavy (non-hydrogen) atoms. The molecule has 1 aromatic rings. The van der Waals surface area contributed by atoms with Gasteiger partial charge in [0.1, 0.15) is 5.82 Å². The van der Waals surface area contributed by atoms with Crippen LogP contribution in [0.25, 0.3) is 0 Å². The monoisotopic (exact) mass is 261 g/mol. The number of fused-ring (bicyclic) bond motifs is 1. The Kier molecular flexibility index (Phi) is 3.71. The molecule has 5 nitrogen and oxygen atoms in total. The standard InChI is InChI=1S/C14H23N5/c15-14(17-11-4-2-1-3-5-11)18-12-6-8-19-9-7-16-13(19)10-12/h7,9,11-12H,1-6,8,10H2,(H3,15,17,18). The number of nitrogens with two attached hydrogens (primary N) is 1. The smallest absolute Gasteiger partial charge is 0.189 e. The highest BCUT2D eigenvalue weighted by Gasteiger charge is 2.20. The van der Waals surface area contributed by atoms with Gasteiger partial charge < -0.3 is 15.6 Å². The van der Waals surface area contributed by atoms with Crippen molar-refractivity contribution in [3.8, 4) is 0 Å². The topological polar surface area (TPSA) is 68.2 Å². The van der Waals surface area contributed by atoms with Gasteiger partial charge >= 0.3 is 0 Å². The van der Waals surface area contributed by atoms with Crippen LogP contribution in [-0.2, 0) is 13.0 Å². The molecule has 2 aliphatic rings. The van der Waals surface area contributed by atoms with Gasteiger partial charge in [-0.05, 0) is 19.3 Å². The van der Waals surface area contributed by atoms with Crippen LogP contribution >= 0.6 is 0 Å². The largest absolute Gasteiger partial charge is 0.370 e. The van der Waals surface area contributed by atoms with E-state index in [-0.39, 0.29) is 0 Å². The van der Waals surface area contributed by atoms with E-state index in [0.717, 1.165) is 25.2 Å². The molecule has 3 N–H and O–H groups in total. The van der Waals surface area contributed by atoms with Crippen molar-refractivity contribution in [3.05, 3.63) is 18.2 Å². The summed E-state index contributed by atoms with van der Waals surface area (Å²) in [7, 11) is 0. The molecule has 3 rings (SSSR count). The zero-order valence-electron chi connectivity index (χ0n) is 11.4. The van der Waals surface area contributed by atoms with Gasteiger partial charge in [0.2, 0.25) is 0 Å². The molecule has 0 bridgehead atoms. The maximum atomic E-state index is 6.04. The van der Waals surface area contributed by atoms with Crippen LogP contribution < -0.4 is 11.1 Å². The molecule has 104 valence electrons. The molecule has 0 radical (unpaired) electrons. The highest BCUT2D eigenvalue weighted by atomic mass is 15.1. The van der Waals surface area contributed by atoms with E-state index < -0.39 is 0 Å². The number of nitrogens with one attached hydrogen (secondary N) is 1. The summed E-state index contributed by atoms with van der Waals surface area (Å²) in [6, 6.07) is 0.814. The van der Waals surface area contributed by atoms with Crippen molar-refractivity contribution in [2.45, 2.75) is 63.6 Å². The number of aromatic nitrogens is 2. The molecule has 0 aromatic carbocycles. The zero-order chi connectivity index (χ0) is 13.1. The molecule has 1 saturated carbocycles. The van der Waals surface area contributed by atoms with E-state index in [1.54, 1.807) is 0 Å². The van der Waals surface area contributed by atoms with Crippen molar-refractivity contribution in [1.82, 2.24) is 14.9 Å². The van der Waals surface area contributed by atoms with Gasteiger partial charge in [-0.2, -0.15) is 0 Å². The number of imidazole rings is 1. The van der Waals surface area contributed by atoms with Crippen LogP contribution in [0.2, 0.25) is 0 Å².